The standard InChI is InChI=1S/C14H18N4O3/c1-19-8-7-16-13-12(15)14(18-9-17-13)21-11-5-3-10(20-2)4-6-11/h3-6,9H,7-8,15H2,1-2H3,(H,16,17,18). The highest BCUT2D eigenvalue weighted by molar-refractivity contribution is 5.66. The number of methoxy groups -OCH3 is 2. The van der Waals surface area contributed by atoms with Crippen LogP contribution in [-0.2, 0) is 4.74 Å². The molecule has 0 aliphatic heterocycles. The van der Waals surface area contributed by atoms with Crippen molar-refractivity contribution < 1.29 is 14.2 Å². The molecule has 2 aromatic rings. The summed E-state index contributed by atoms with van der Waals surface area (Å²) < 4.78 is 15.7. The van der Waals surface area contributed by atoms with Crippen LogP contribution < -0.4 is 20.5 Å². The van der Waals surface area contributed by atoms with E-state index in [4.69, 9.17) is 19.9 Å². The van der Waals surface area contributed by atoms with Crippen LogP contribution in [-0.4, -0.2) is 37.3 Å². The van der Waals surface area contributed by atoms with Gasteiger partial charge in [-0.05, 0) is 24.3 Å². The van der Waals surface area contributed by atoms with Gasteiger partial charge in [-0.1, -0.05) is 0 Å². The van der Waals surface area contributed by atoms with Crippen LogP contribution in [0.1, 0.15) is 0 Å². The average molecular weight is 290 g/mol. The Morgan fingerprint density at radius 3 is 2.48 bits per heavy atom. The number of benzene rings is 1. The van der Waals surface area contributed by atoms with Gasteiger partial charge in [-0.15, -0.1) is 0 Å². The van der Waals surface area contributed by atoms with Crippen molar-refractivity contribution in [3.05, 3.63) is 30.6 Å². The Morgan fingerprint density at radius 2 is 1.81 bits per heavy atom. The van der Waals surface area contributed by atoms with Gasteiger partial charge >= 0.3 is 0 Å². The van der Waals surface area contributed by atoms with Crippen LogP contribution in [0.15, 0.2) is 30.6 Å². The molecule has 7 nitrogen and oxygen atoms in total. The highest BCUT2D eigenvalue weighted by Crippen LogP contribution is 2.29. The monoisotopic (exact) mass is 290 g/mol. The number of nitrogens with two attached hydrogens (primary N) is 1. The quantitative estimate of drug-likeness (QED) is 0.753. The van der Waals surface area contributed by atoms with Gasteiger partial charge in [-0.25, -0.2) is 4.98 Å². The van der Waals surface area contributed by atoms with E-state index >= 15 is 0 Å². The van der Waals surface area contributed by atoms with E-state index < -0.39 is 0 Å². The topological polar surface area (TPSA) is 91.5 Å². The summed E-state index contributed by atoms with van der Waals surface area (Å²) >= 11 is 0. The van der Waals surface area contributed by atoms with Crippen LogP contribution >= 0.6 is 0 Å². The number of hydrogen-bond acceptors (Lipinski definition) is 7. The Hall–Kier alpha value is -2.54. The van der Waals surface area contributed by atoms with Crippen LogP contribution in [0.5, 0.6) is 17.4 Å². The lowest BCUT2D eigenvalue weighted by Gasteiger charge is -2.11. The van der Waals surface area contributed by atoms with Crippen LogP contribution in [0.3, 0.4) is 0 Å². The Balaban J connectivity index is 2.10. The molecular formula is C14H18N4O3. The molecule has 0 bridgehead atoms. The first-order valence-corrected chi connectivity index (χ1v) is 6.39. The lowest BCUT2D eigenvalue weighted by molar-refractivity contribution is 0.210. The molecule has 0 atom stereocenters. The van der Waals surface area contributed by atoms with E-state index in [-0.39, 0.29) is 0 Å². The summed E-state index contributed by atoms with van der Waals surface area (Å²) in [7, 11) is 3.24. The zero-order chi connectivity index (χ0) is 15.1. The van der Waals surface area contributed by atoms with E-state index in [1.807, 2.05) is 0 Å². The summed E-state index contributed by atoms with van der Waals surface area (Å²) in [6, 6.07) is 7.14. The van der Waals surface area contributed by atoms with Gasteiger partial charge in [0, 0.05) is 13.7 Å². The molecular weight excluding hydrogens is 272 g/mol. The molecule has 1 aromatic heterocycles. The van der Waals surface area contributed by atoms with Crippen LogP contribution in [0.25, 0.3) is 0 Å². The molecule has 0 amide bonds. The maximum Gasteiger partial charge on any atom is 0.248 e. The number of hydrogen-bond donors (Lipinski definition) is 2. The third-order valence-corrected chi connectivity index (χ3v) is 2.72. The lowest BCUT2D eigenvalue weighted by Crippen LogP contribution is -2.11. The summed E-state index contributed by atoms with van der Waals surface area (Å²) in [5, 5.41) is 3.06. The molecule has 0 aliphatic rings. The molecule has 7 heteroatoms. The molecule has 0 saturated heterocycles. The van der Waals surface area contributed by atoms with E-state index in [1.165, 1.54) is 6.33 Å². The van der Waals surface area contributed by atoms with E-state index in [9.17, 15) is 0 Å². The molecule has 0 radical (unpaired) electrons. The summed E-state index contributed by atoms with van der Waals surface area (Å²) in [5.74, 6) is 2.18. The van der Waals surface area contributed by atoms with Gasteiger partial charge in [-0.2, -0.15) is 4.98 Å². The van der Waals surface area contributed by atoms with Gasteiger partial charge in [0.2, 0.25) is 5.88 Å². The predicted octanol–water partition coefficient (Wildman–Crippen LogP) is 1.92. The molecule has 21 heavy (non-hydrogen) atoms. The second kappa shape index (κ2) is 7.30. The first kappa shape index (κ1) is 14.9. The Bertz CT molecular complexity index is 575. The fourth-order valence-electron chi connectivity index (χ4n) is 1.63. The van der Waals surface area contributed by atoms with Crippen molar-refractivity contribution in [3.63, 3.8) is 0 Å². The third kappa shape index (κ3) is 3.96. The molecule has 0 fully saturated rings. The average Bonchev–Trinajstić information content (AvgIpc) is 2.52. The minimum Gasteiger partial charge on any atom is -0.497 e. The molecule has 1 aromatic carbocycles. The van der Waals surface area contributed by atoms with E-state index in [0.717, 1.165) is 5.75 Å². The summed E-state index contributed by atoms with van der Waals surface area (Å²) in [6.45, 7) is 1.15. The SMILES string of the molecule is COCCNc1ncnc(Oc2ccc(OC)cc2)c1N. The first-order chi connectivity index (χ1) is 10.2. The minimum absolute atomic E-state index is 0.301. The number of rotatable bonds is 7. The molecule has 112 valence electrons. The third-order valence-electron chi connectivity index (χ3n) is 2.72. The predicted molar refractivity (Wildman–Crippen MR) is 79.9 cm³/mol. The Kier molecular flexibility index (Phi) is 5.16. The molecule has 3 N–H and O–H groups in total. The first-order valence-electron chi connectivity index (χ1n) is 6.39. The molecule has 2 rings (SSSR count). The van der Waals surface area contributed by atoms with Crippen molar-refractivity contribution in [1.29, 1.82) is 0 Å². The van der Waals surface area contributed by atoms with Crippen molar-refractivity contribution in [2.45, 2.75) is 0 Å². The van der Waals surface area contributed by atoms with Gasteiger partial charge in [-0.3, -0.25) is 0 Å². The fraction of sp³-hybridized carbons (Fsp3) is 0.286. The summed E-state index contributed by atoms with van der Waals surface area (Å²) in [6.07, 6.45) is 1.39. The zero-order valence-electron chi connectivity index (χ0n) is 12.0. The van der Waals surface area contributed by atoms with Crippen LogP contribution in [0.4, 0.5) is 11.5 Å². The Labute approximate surface area is 123 Å². The maximum atomic E-state index is 5.99. The second-order valence-corrected chi connectivity index (χ2v) is 4.14. The Morgan fingerprint density at radius 1 is 1.10 bits per heavy atom. The van der Waals surface area contributed by atoms with Crippen molar-refractivity contribution in [2.24, 2.45) is 0 Å². The molecule has 0 spiro atoms. The molecule has 0 aliphatic carbocycles. The highest BCUT2D eigenvalue weighted by atomic mass is 16.5. The van der Waals surface area contributed by atoms with Crippen LogP contribution in [0.2, 0.25) is 0 Å². The van der Waals surface area contributed by atoms with Crippen molar-refractivity contribution >= 4 is 11.5 Å². The van der Waals surface area contributed by atoms with Gasteiger partial charge in [0.05, 0.1) is 13.7 Å². The molecule has 0 unspecified atom stereocenters. The number of nitrogen functional groups attached to an aromatic ring is 1. The number of nitrogens with one attached hydrogen (secondary N) is 1. The number of anilines is 2. The van der Waals surface area contributed by atoms with Gasteiger partial charge < -0.3 is 25.3 Å². The van der Waals surface area contributed by atoms with Crippen molar-refractivity contribution in [1.82, 2.24) is 9.97 Å². The van der Waals surface area contributed by atoms with Gasteiger partial charge in [0.1, 0.15) is 23.5 Å². The van der Waals surface area contributed by atoms with Gasteiger partial charge in [0.25, 0.3) is 0 Å². The van der Waals surface area contributed by atoms with E-state index in [2.05, 4.69) is 15.3 Å². The van der Waals surface area contributed by atoms with Gasteiger partial charge in [0.15, 0.2) is 5.82 Å². The maximum absolute atomic E-state index is 5.99. The van der Waals surface area contributed by atoms with E-state index in [0.29, 0.717) is 36.3 Å². The summed E-state index contributed by atoms with van der Waals surface area (Å²) in [4.78, 5) is 8.12. The zero-order valence-corrected chi connectivity index (χ0v) is 12.0. The largest absolute Gasteiger partial charge is 0.497 e. The van der Waals surface area contributed by atoms with Crippen molar-refractivity contribution in [2.75, 3.05) is 38.4 Å². The lowest BCUT2D eigenvalue weighted by atomic mass is 10.3. The summed E-state index contributed by atoms with van der Waals surface area (Å²) in [5.41, 5.74) is 6.34. The number of ether oxygens (including phenoxy) is 3. The van der Waals surface area contributed by atoms with Crippen molar-refractivity contribution in [3.8, 4) is 17.4 Å². The smallest absolute Gasteiger partial charge is 0.248 e. The molecule has 1 heterocycles. The number of nitrogens with zero attached hydrogens (tertiary/aromatic N) is 2. The number of aromatic nitrogens is 2. The normalized spacial score (nSPS) is 10.2. The second-order valence-electron chi connectivity index (χ2n) is 4.14. The fourth-order valence-corrected chi connectivity index (χ4v) is 1.63. The minimum atomic E-state index is 0.301. The van der Waals surface area contributed by atoms with E-state index in [1.54, 1.807) is 38.5 Å². The molecule has 0 saturated carbocycles. The van der Waals surface area contributed by atoms with Crippen LogP contribution in [0, 0.1) is 0 Å². The highest BCUT2D eigenvalue weighted by Gasteiger charge is 2.10.